The summed E-state index contributed by atoms with van der Waals surface area (Å²) in [6, 6.07) is 1.89. The van der Waals surface area contributed by atoms with Crippen molar-refractivity contribution in [2.45, 2.75) is 6.54 Å². The molecule has 0 aliphatic heterocycles. The number of aromatic amines is 1. The Bertz CT molecular complexity index is 532. The second-order valence-corrected chi connectivity index (χ2v) is 4.86. The van der Waals surface area contributed by atoms with Crippen LogP contribution in [0.2, 0.25) is 0 Å². The smallest absolute Gasteiger partial charge is 0.273 e. The van der Waals surface area contributed by atoms with Gasteiger partial charge in [-0.25, -0.2) is 0 Å². The van der Waals surface area contributed by atoms with Gasteiger partial charge in [0.15, 0.2) is 0 Å². The molecule has 0 unspecified atom stereocenters. The highest BCUT2D eigenvalue weighted by molar-refractivity contribution is 14.1. The number of hydrogen-bond donors (Lipinski definition) is 1. The summed E-state index contributed by atoms with van der Waals surface area (Å²) in [4.78, 5) is 13.7. The van der Waals surface area contributed by atoms with Gasteiger partial charge >= 0.3 is 0 Å². The molecule has 0 aromatic carbocycles. The van der Waals surface area contributed by atoms with E-state index >= 15 is 0 Å². The third-order valence-electron chi connectivity index (χ3n) is 2.48. The Morgan fingerprint density at radius 1 is 1.65 bits per heavy atom. The topological polar surface area (TPSA) is 66.8 Å². The molecule has 0 aliphatic carbocycles. The number of nitrogens with one attached hydrogen (secondary N) is 1. The molecule has 6 nitrogen and oxygen atoms in total. The number of nitrogens with zero attached hydrogens (tertiary/aromatic N) is 4. The first-order valence-corrected chi connectivity index (χ1v) is 6.08. The zero-order chi connectivity index (χ0) is 12.4. The fourth-order valence-electron chi connectivity index (χ4n) is 1.48. The first-order chi connectivity index (χ1) is 8.09. The second kappa shape index (κ2) is 4.86. The zero-order valence-electron chi connectivity index (χ0n) is 9.51. The van der Waals surface area contributed by atoms with E-state index in [9.17, 15) is 4.79 Å². The number of carbonyl (C=O) groups is 1. The lowest BCUT2D eigenvalue weighted by molar-refractivity contribution is 0.0775. The number of carbonyl (C=O) groups excluding carboxylic acids is 1. The maximum absolute atomic E-state index is 12.1. The predicted molar refractivity (Wildman–Crippen MR) is 70.3 cm³/mol. The van der Waals surface area contributed by atoms with Crippen LogP contribution < -0.4 is 0 Å². The van der Waals surface area contributed by atoms with Crippen LogP contribution in [-0.4, -0.2) is 37.8 Å². The minimum atomic E-state index is -0.0758. The molecule has 0 saturated heterocycles. The molecule has 0 radical (unpaired) electrons. The standard InChI is InChI=1S/C10H12IN5O/c1-15(6-7-3-4-13-16(7)2)10(17)9-8(11)5-12-14-9/h3-5H,6H2,1-2H3,(H,12,14). The van der Waals surface area contributed by atoms with Crippen molar-refractivity contribution in [2.75, 3.05) is 7.05 Å². The maximum atomic E-state index is 12.1. The van der Waals surface area contributed by atoms with Gasteiger partial charge in [0.05, 0.1) is 22.0 Å². The molecule has 17 heavy (non-hydrogen) atoms. The van der Waals surface area contributed by atoms with Gasteiger partial charge in [-0.3, -0.25) is 14.6 Å². The van der Waals surface area contributed by atoms with Crippen LogP contribution in [0, 0.1) is 3.57 Å². The molecule has 0 aliphatic rings. The Morgan fingerprint density at radius 2 is 2.41 bits per heavy atom. The Morgan fingerprint density at radius 3 is 2.94 bits per heavy atom. The Labute approximate surface area is 112 Å². The summed E-state index contributed by atoms with van der Waals surface area (Å²) in [5.41, 5.74) is 1.51. The fraction of sp³-hybridized carbons (Fsp3) is 0.300. The molecule has 0 saturated carbocycles. The highest BCUT2D eigenvalue weighted by Crippen LogP contribution is 2.11. The van der Waals surface area contributed by atoms with Crippen LogP contribution in [0.3, 0.4) is 0 Å². The van der Waals surface area contributed by atoms with E-state index in [0.29, 0.717) is 12.2 Å². The summed E-state index contributed by atoms with van der Waals surface area (Å²) in [5.74, 6) is -0.0758. The first kappa shape index (κ1) is 12.1. The SMILES string of the molecule is CN(Cc1ccnn1C)C(=O)c1[nH]ncc1I. The lowest BCUT2D eigenvalue weighted by Crippen LogP contribution is -2.28. The molecule has 2 aromatic rings. The molecule has 7 heteroatoms. The number of H-pyrrole nitrogens is 1. The maximum Gasteiger partial charge on any atom is 0.273 e. The van der Waals surface area contributed by atoms with E-state index < -0.39 is 0 Å². The minimum Gasteiger partial charge on any atom is -0.334 e. The molecule has 0 bridgehead atoms. The van der Waals surface area contributed by atoms with Gasteiger partial charge in [0.1, 0.15) is 5.69 Å². The number of aryl methyl sites for hydroxylation is 1. The Kier molecular flexibility index (Phi) is 3.46. The van der Waals surface area contributed by atoms with Gasteiger partial charge in [-0.15, -0.1) is 0 Å². The van der Waals surface area contributed by atoms with Gasteiger partial charge in [0.2, 0.25) is 0 Å². The number of halogens is 1. The highest BCUT2D eigenvalue weighted by atomic mass is 127. The third-order valence-corrected chi connectivity index (χ3v) is 3.29. The van der Waals surface area contributed by atoms with Crippen molar-refractivity contribution in [3.8, 4) is 0 Å². The molecule has 0 spiro atoms. The van der Waals surface area contributed by atoms with Gasteiger partial charge < -0.3 is 4.90 Å². The molecule has 2 aromatic heterocycles. The van der Waals surface area contributed by atoms with E-state index in [2.05, 4.69) is 37.9 Å². The molecular weight excluding hydrogens is 333 g/mol. The van der Waals surface area contributed by atoms with Gasteiger partial charge in [-0.1, -0.05) is 0 Å². The van der Waals surface area contributed by atoms with Gasteiger partial charge in [-0.05, 0) is 28.7 Å². The van der Waals surface area contributed by atoms with Crippen LogP contribution >= 0.6 is 22.6 Å². The molecule has 1 N–H and O–H groups in total. The lowest BCUT2D eigenvalue weighted by atomic mass is 10.3. The molecule has 2 rings (SSSR count). The van der Waals surface area contributed by atoms with Gasteiger partial charge in [0.25, 0.3) is 5.91 Å². The zero-order valence-corrected chi connectivity index (χ0v) is 11.7. The number of rotatable bonds is 3. The normalized spacial score (nSPS) is 10.5. The van der Waals surface area contributed by atoms with Crippen LogP contribution in [0.1, 0.15) is 16.2 Å². The monoisotopic (exact) mass is 345 g/mol. The minimum absolute atomic E-state index is 0.0758. The molecule has 2 heterocycles. The van der Waals surface area contributed by atoms with E-state index in [1.54, 1.807) is 29.0 Å². The van der Waals surface area contributed by atoms with Crippen LogP contribution in [-0.2, 0) is 13.6 Å². The summed E-state index contributed by atoms with van der Waals surface area (Å²) < 4.78 is 2.58. The van der Waals surface area contributed by atoms with Gasteiger partial charge in [-0.2, -0.15) is 10.2 Å². The van der Waals surface area contributed by atoms with Crippen molar-refractivity contribution in [1.29, 1.82) is 0 Å². The lowest BCUT2D eigenvalue weighted by Gasteiger charge is -2.16. The van der Waals surface area contributed by atoms with Crippen molar-refractivity contribution < 1.29 is 4.79 Å². The van der Waals surface area contributed by atoms with Crippen molar-refractivity contribution in [3.05, 3.63) is 33.4 Å². The van der Waals surface area contributed by atoms with E-state index in [1.807, 2.05) is 13.1 Å². The van der Waals surface area contributed by atoms with Crippen LogP contribution in [0.5, 0.6) is 0 Å². The highest BCUT2D eigenvalue weighted by Gasteiger charge is 2.17. The van der Waals surface area contributed by atoms with Crippen molar-refractivity contribution in [2.24, 2.45) is 7.05 Å². The van der Waals surface area contributed by atoms with Crippen LogP contribution in [0.15, 0.2) is 18.5 Å². The van der Waals surface area contributed by atoms with Crippen LogP contribution in [0.25, 0.3) is 0 Å². The number of aromatic nitrogens is 4. The molecule has 90 valence electrons. The first-order valence-electron chi connectivity index (χ1n) is 5.01. The number of amides is 1. The average molecular weight is 345 g/mol. The Balaban J connectivity index is 2.11. The molecular formula is C10H12IN5O. The van der Waals surface area contributed by atoms with E-state index in [-0.39, 0.29) is 5.91 Å². The fourth-order valence-corrected chi connectivity index (χ4v) is 1.97. The summed E-state index contributed by atoms with van der Waals surface area (Å²) in [6.45, 7) is 0.518. The van der Waals surface area contributed by atoms with Gasteiger partial charge in [0, 0.05) is 20.3 Å². The van der Waals surface area contributed by atoms with Crippen molar-refractivity contribution >= 4 is 28.5 Å². The van der Waals surface area contributed by atoms with Crippen LogP contribution in [0.4, 0.5) is 0 Å². The van der Waals surface area contributed by atoms with E-state index in [4.69, 9.17) is 0 Å². The quantitative estimate of drug-likeness (QED) is 0.845. The predicted octanol–water partition coefficient (Wildman–Crippen LogP) is 1.02. The van der Waals surface area contributed by atoms with E-state index in [1.165, 1.54) is 0 Å². The summed E-state index contributed by atoms with van der Waals surface area (Å²) in [7, 11) is 3.61. The second-order valence-electron chi connectivity index (χ2n) is 3.70. The Hall–Kier alpha value is -1.38. The van der Waals surface area contributed by atoms with Crippen molar-refractivity contribution in [1.82, 2.24) is 24.9 Å². The molecule has 0 atom stereocenters. The molecule has 1 amide bonds. The summed E-state index contributed by atoms with van der Waals surface area (Å²) >= 11 is 2.08. The summed E-state index contributed by atoms with van der Waals surface area (Å²) in [5, 5.41) is 10.6. The summed E-state index contributed by atoms with van der Waals surface area (Å²) in [6.07, 6.45) is 3.35. The average Bonchev–Trinajstić information content (AvgIpc) is 2.88. The van der Waals surface area contributed by atoms with Crippen molar-refractivity contribution in [3.63, 3.8) is 0 Å². The van der Waals surface area contributed by atoms with E-state index in [0.717, 1.165) is 9.26 Å². The molecule has 0 fully saturated rings. The number of hydrogen-bond acceptors (Lipinski definition) is 3. The largest absolute Gasteiger partial charge is 0.334 e. The third kappa shape index (κ3) is 2.48.